The van der Waals surface area contributed by atoms with Crippen LogP contribution in [0.4, 0.5) is 4.39 Å². The van der Waals surface area contributed by atoms with E-state index in [0.717, 1.165) is 11.8 Å². The molecule has 0 radical (unpaired) electrons. The number of benzene rings is 2. The van der Waals surface area contributed by atoms with E-state index in [0.29, 0.717) is 16.9 Å². The molecule has 0 amide bonds. The second-order valence-corrected chi connectivity index (χ2v) is 4.42. The minimum Gasteiger partial charge on any atom is -0.494 e. The predicted octanol–water partition coefficient (Wildman–Crippen LogP) is 3.53. The maximum absolute atomic E-state index is 13.5. The van der Waals surface area contributed by atoms with Crippen LogP contribution in [-0.2, 0) is 6.61 Å². The molecule has 0 saturated heterocycles. The summed E-state index contributed by atoms with van der Waals surface area (Å²) in [6.07, 6.45) is 0.747. The molecule has 0 unspecified atom stereocenters. The molecule has 104 valence electrons. The van der Waals surface area contributed by atoms with Crippen molar-refractivity contribution in [3.63, 3.8) is 0 Å². The number of methoxy groups -OCH3 is 1. The number of carbonyl (C=O) groups excluding carboxylic acids is 1. The molecule has 20 heavy (non-hydrogen) atoms. The molecule has 0 fully saturated rings. The molecule has 2 rings (SSSR count). The minimum atomic E-state index is -0.437. The zero-order valence-corrected chi connectivity index (χ0v) is 11.4. The Morgan fingerprint density at radius 2 is 1.90 bits per heavy atom. The molecule has 4 heteroatoms. The topological polar surface area (TPSA) is 35.5 Å². The Morgan fingerprint density at radius 1 is 1.15 bits per heavy atom. The van der Waals surface area contributed by atoms with E-state index in [4.69, 9.17) is 9.47 Å². The molecule has 0 atom stereocenters. The molecule has 3 nitrogen and oxygen atoms in total. The van der Waals surface area contributed by atoms with E-state index in [1.165, 1.54) is 13.2 Å². The van der Waals surface area contributed by atoms with Crippen molar-refractivity contribution in [3.05, 3.63) is 58.9 Å². The highest BCUT2D eigenvalue weighted by Gasteiger charge is 2.06. The number of aldehydes is 1. The fourth-order valence-electron chi connectivity index (χ4n) is 1.85. The maximum atomic E-state index is 13.5. The summed E-state index contributed by atoms with van der Waals surface area (Å²) < 4.78 is 23.9. The summed E-state index contributed by atoms with van der Waals surface area (Å²) in [5.41, 5.74) is 2.13. The lowest BCUT2D eigenvalue weighted by molar-refractivity contribution is 0.111. The Kier molecular flexibility index (Phi) is 4.35. The van der Waals surface area contributed by atoms with Crippen molar-refractivity contribution < 1.29 is 18.7 Å². The van der Waals surface area contributed by atoms with Gasteiger partial charge in [0.2, 0.25) is 0 Å². The Hall–Kier alpha value is -2.36. The van der Waals surface area contributed by atoms with Gasteiger partial charge >= 0.3 is 0 Å². The van der Waals surface area contributed by atoms with Gasteiger partial charge in [-0.25, -0.2) is 4.39 Å². The smallest absolute Gasteiger partial charge is 0.165 e. The predicted molar refractivity (Wildman–Crippen MR) is 73.9 cm³/mol. The highest BCUT2D eigenvalue weighted by Crippen LogP contribution is 2.21. The van der Waals surface area contributed by atoms with E-state index in [1.54, 1.807) is 24.3 Å². The average molecular weight is 274 g/mol. The zero-order chi connectivity index (χ0) is 14.5. The molecule has 0 aliphatic heterocycles. The molecule has 0 heterocycles. The number of halogens is 1. The molecule has 0 N–H and O–H groups in total. The minimum absolute atomic E-state index is 0.185. The molecular formula is C16H15FO3. The van der Waals surface area contributed by atoms with Gasteiger partial charge in [-0.3, -0.25) is 4.79 Å². The van der Waals surface area contributed by atoms with Crippen molar-refractivity contribution >= 4 is 6.29 Å². The lowest BCUT2D eigenvalue weighted by Gasteiger charge is -2.10. The fourth-order valence-corrected chi connectivity index (χ4v) is 1.85. The lowest BCUT2D eigenvalue weighted by Crippen LogP contribution is -1.99. The number of hydrogen-bond donors (Lipinski definition) is 0. The van der Waals surface area contributed by atoms with E-state index in [-0.39, 0.29) is 12.4 Å². The van der Waals surface area contributed by atoms with Gasteiger partial charge in [-0.1, -0.05) is 17.7 Å². The largest absolute Gasteiger partial charge is 0.494 e. The van der Waals surface area contributed by atoms with Crippen molar-refractivity contribution in [2.45, 2.75) is 13.5 Å². The van der Waals surface area contributed by atoms with Crippen LogP contribution >= 0.6 is 0 Å². The summed E-state index contributed by atoms with van der Waals surface area (Å²) in [6, 6.07) is 9.96. The molecule has 0 bridgehead atoms. The molecular weight excluding hydrogens is 259 g/mol. The third-order valence-corrected chi connectivity index (χ3v) is 2.90. The molecule has 0 saturated carbocycles. The van der Waals surface area contributed by atoms with Crippen LogP contribution in [0.2, 0.25) is 0 Å². The molecule has 0 aliphatic rings. The first-order valence-electron chi connectivity index (χ1n) is 6.15. The van der Waals surface area contributed by atoms with Crippen LogP contribution in [0.15, 0.2) is 36.4 Å². The number of ether oxygens (including phenoxy) is 2. The Morgan fingerprint density at radius 3 is 2.55 bits per heavy atom. The monoisotopic (exact) mass is 274 g/mol. The Balaban J connectivity index is 2.12. The summed E-state index contributed by atoms with van der Waals surface area (Å²) in [5, 5.41) is 0. The molecule has 0 spiro atoms. The van der Waals surface area contributed by atoms with Crippen molar-refractivity contribution in [2.75, 3.05) is 7.11 Å². The van der Waals surface area contributed by atoms with Gasteiger partial charge in [0.25, 0.3) is 0 Å². The number of carbonyl (C=O) groups is 1. The van der Waals surface area contributed by atoms with Crippen molar-refractivity contribution in [1.29, 1.82) is 0 Å². The van der Waals surface area contributed by atoms with Crippen LogP contribution in [0, 0.1) is 12.7 Å². The highest BCUT2D eigenvalue weighted by molar-refractivity contribution is 5.79. The normalized spacial score (nSPS) is 10.2. The fraction of sp³-hybridized carbons (Fsp3) is 0.188. The molecule has 0 aromatic heterocycles. The first-order chi connectivity index (χ1) is 9.63. The van der Waals surface area contributed by atoms with Gasteiger partial charge in [0.15, 0.2) is 17.9 Å². The summed E-state index contributed by atoms with van der Waals surface area (Å²) in [5.74, 6) is 0.243. The average Bonchev–Trinajstić information content (AvgIpc) is 2.46. The standard InChI is InChI=1S/C16H15FO3/c1-11-3-5-15(13(7-11)9-18)20-10-12-4-6-16(19-2)14(17)8-12/h3-9H,10H2,1-2H3. The van der Waals surface area contributed by atoms with Crippen LogP contribution in [0.3, 0.4) is 0 Å². The Labute approximate surface area is 117 Å². The van der Waals surface area contributed by atoms with E-state index in [9.17, 15) is 9.18 Å². The van der Waals surface area contributed by atoms with Crippen LogP contribution < -0.4 is 9.47 Å². The summed E-state index contributed by atoms with van der Waals surface area (Å²) in [7, 11) is 1.41. The van der Waals surface area contributed by atoms with Gasteiger partial charge in [-0.2, -0.15) is 0 Å². The van der Waals surface area contributed by atoms with Crippen molar-refractivity contribution in [1.82, 2.24) is 0 Å². The SMILES string of the molecule is COc1ccc(COc2ccc(C)cc2C=O)cc1F. The summed E-state index contributed by atoms with van der Waals surface area (Å²) >= 11 is 0. The van der Waals surface area contributed by atoms with Gasteiger partial charge < -0.3 is 9.47 Å². The van der Waals surface area contributed by atoms with Gasteiger partial charge in [0, 0.05) is 0 Å². The van der Waals surface area contributed by atoms with Gasteiger partial charge in [-0.15, -0.1) is 0 Å². The van der Waals surface area contributed by atoms with E-state index in [1.807, 2.05) is 13.0 Å². The third kappa shape index (κ3) is 3.15. The lowest BCUT2D eigenvalue weighted by atomic mass is 10.1. The highest BCUT2D eigenvalue weighted by atomic mass is 19.1. The molecule has 2 aromatic rings. The van der Waals surface area contributed by atoms with E-state index in [2.05, 4.69) is 0 Å². The van der Waals surface area contributed by atoms with Crippen molar-refractivity contribution in [3.8, 4) is 11.5 Å². The van der Waals surface area contributed by atoms with Gasteiger partial charge in [0.1, 0.15) is 12.4 Å². The number of hydrogen-bond acceptors (Lipinski definition) is 3. The van der Waals surface area contributed by atoms with E-state index < -0.39 is 5.82 Å². The molecule has 2 aromatic carbocycles. The van der Waals surface area contributed by atoms with Crippen LogP contribution in [-0.4, -0.2) is 13.4 Å². The Bertz CT molecular complexity index is 623. The number of rotatable bonds is 5. The summed E-state index contributed by atoms with van der Waals surface area (Å²) in [6.45, 7) is 2.08. The molecule has 0 aliphatic carbocycles. The van der Waals surface area contributed by atoms with E-state index >= 15 is 0 Å². The van der Waals surface area contributed by atoms with Gasteiger partial charge in [0.05, 0.1) is 12.7 Å². The number of aryl methyl sites for hydroxylation is 1. The van der Waals surface area contributed by atoms with Crippen LogP contribution in [0.25, 0.3) is 0 Å². The van der Waals surface area contributed by atoms with Crippen molar-refractivity contribution in [2.24, 2.45) is 0 Å². The van der Waals surface area contributed by atoms with Crippen LogP contribution in [0.5, 0.6) is 11.5 Å². The quantitative estimate of drug-likeness (QED) is 0.782. The van der Waals surface area contributed by atoms with Gasteiger partial charge in [-0.05, 0) is 36.8 Å². The second kappa shape index (κ2) is 6.19. The second-order valence-electron chi connectivity index (χ2n) is 4.42. The third-order valence-electron chi connectivity index (χ3n) is 2.90. The zero-order valence-electron chi connectivity index (χ0n) is 11.4. The first-order valence-corrected chi connectivity index (χ1v) is 6.15. The summed E-state index contributed by atoms with van der Waals surface area (Å²) in [4.78, 5) is 11.0. The van der Waals surface area contributed by atoms with Crippen LogP contribution in [0.1, 0.15) is 21.5 Å². The first kappa shape index (κ1) is 14.1. The maximum Gasteiger partial charge on any atom is 0.165 e.